The van der Waals surface area contributed by atoms with Gasteiger partial charge in [0.15, 0.2) is 5.96 Å². The Morgan fingerprint density at radius 2 is 1.75 bits per heavy atom. The minimum absolute atomic E-state index is 0.172. The van der Waals surface area contributed by atoms with Crippen LogP contribution in [0.3, 0.4) is 0 Å². The molecule has 1 fully saturated rings. The lowest BCUT2D eigenvalue weighted by Gasteiger charge is -2.23. The molecule has 0 radical (unpaired) electrons. The highest BCUT2D eigenvalue weighted by Gasteiger charge is 2.13. The lowest BCUT2D eigenvalue weighted by Crippen LogP contribution is -2.41. The van der Waals surface area contributed by atoms with Gasteiger partial charge in [0.25, 0.3) is 5.91 Å². The van der Waals surface area contributed by atoms with E-state index in [2.05, 4.69) is 15.6 Å². The summed E-state index contributed by atoms with van der Waals surface area (Å²) in [6.07, 6.45) is 6.07. The Morgan fingerprint density at radius 3 is 2.38 bits per heavy atom. The van der Waals surface area contributed by atoms with Crippen LogP contribution in [-0.2, 0) is 11.3 Å². The molecule has 0 unspecified atom stereocenters. The zero-order chi connectivity index (χ0) is 17.4. The van der Waals surface area contributed by atoms with Crippen LogP contribution in [0, 0.1) is 0 Å². The van der Waals surface area contributed by atoms with Crippen LogP contribution in [0.5, 0.6) is 0 Å². The third-order valence-electron chi connectivity index (χ3n) is 4.03. The van der Waals surface area contributed by atoms with Crippen molar-refractivity contribution in [3.63, 3.8) is 0 Å². The number of carbonyl (C=O) groups is 2. The molecule has 0 saturated heterocycles. The van der Waals surface area contributed by atoms with Crippen LogP contribution in [0.4, 0.5) is 0 Å². The fourth-order valence-corrected chi connectivity index (χ4v) is 2.71. The summed E-state index contributed by atoms with van der Waals surface area (Å²) in [6.45, 7) is 0.281. The maximum Gasteiger partial charge on any atom is 0.251 e. The number of rotatable bonds is 6. The molecule has 24 heavy (non-hydrogen) atoms. The summed E-state index contributed by atoms with van der Waals surface area (Å²) in [5.41, 5.74) is 12.3. The Hall–Kier alpha value is -2.57. The molecule has 7 heteroatoms. The van der Waals surface area contributed by atoms with Crippen molar-refractivity contribution < 1.29 is 9.59 Å². The second-order valence-electron chi connectivity index (χ2n) is 6.03. The van der Waals surface area contributed by atoms with E-state index in [1.165, 1.54) is 19.3 Å². The molecule has 1 aliphatic rings. The average molecular weight is 331 g/mol. The number of carbonyl (C=O) groups excluding carboxylic acids is 2. The predicted octanol–water partition coefficient (Wildman–Crippen LogP) is 0.639. The van der Waals surface area contributed by atoms with Gasteiger partial charge < -0.3 is 22.1 Å². The summed E-state index contributed by atoms with van der Waals surface area (Å²) in [5, 5.41) is 5.71. The van der Waals surface area contributed by atoms with Crippen molar-refractivity contribution in [3.8, 4) is 0 Å². The zero-order valence-corrected chi connectivity index (χ0v) is 13.8. The summed E-state index contributed by atoms with van der Waals surface area (Å²) >= 11 is 0. The van der Waals surface area contributed by atoms with Gasteiger partial charge in [0.2, 0.25) is 5.91 Å². The van der Waals surface area contributed by atoms with Crippen molar-refractivity contribution in [2.24, 2.45) is 16.5 Å². The molecule has 7 nitrogen and oxygen atoms in total. The summed E-state index contributed by atoms with van der Waals surface area (Å²) in [6, 6.07) is 7.43. The first-order valence-corrected chi connectivity index (χ1v) is 8.26. The molecule has 0 aliphatic heterocycles. The van der Waals surface area contributed by atoms with E-state index in [0.29, 0.717) is 24.1 Å². The molecule has 0 bridgehead atoms. The van der Waals surface area contributed by atoms with E-state index < -0.39 is 5.91 Å². The van der Waals surface area contributed by atoms with Crippen LogP contribution in [0.2, 0.25) is 0 Å². The quantitative estimate of drug-likeness (QED) is 0.451. The van der Waals surface area contributed by atoms with Crippen molar-refractivity contribution in [1.29, 1.82) is 0 Å². The first kappa shape index (κ1) is 17.8. The second kappa shape index (κ2) is 8.90. The normalized spacial score (nSPS) is 15.8. The topological polar surface area (TPSA) is 123 Å². The van der Waals surface area contributed by atoms with Crippen LogP contribution in [0.15, 0.2) is 29.3 Å². The van der Waals surface area contributed by atoms with Crippen LogP contribution >= 0.6 is 0 Å². The molecular formula is C17H25N5O2. The van der Waals surface area contributed by atoms with Gasteiger partial charge in [-0.05, 0) is 30.5 Å². The van der Waals surface area contributed by atoms with Gasteiger partial charge in [-0.3, -0.25) is 9.59 Å². The number of aliphatic imine (C=N–C) groups is 1. The Morgan fingerprint density at radius 1 is 1.08 bits per heavy atom. The van der Waals surface area contributed by atoms with Crippen molar-refractivity contribution in [2.75, 3.05) is 6.54 Å². The third-order valence-corrected chi connectivity index (χ3v) is 4.03. The number of amides is 2. The van der Waals surface area contributed by atoms with E-state index in [4.69, 9.17) is 11.5 Å². The highest BCUT2D eigenvalue weighted by Crippen LogP contribution is 2.17. The number of nitrogens with two attached hydrogens (primary N) is 2. The summed E-state index contributed by atoms with van der Waals surface area (Å²) in [4.78, 5) is 26.8. The number of guanidine groups is 1. The fraction of sp³-hybridized carbons (Fsp3) is 0.471. The molecule has 1 aliphatic carbocycles. The highest BCUT2D eigenvalue weighted by molar-refractivity contribution is 5.96. The van der Waals surface area contributed by atoms with Crippen LogP contribution in [-0.4, -0.2) is 30.4 Å². The van der Waals surface area contributed by atoms with Crippen molar-refractivity contribution in [2.45, 2.75) is 44.7 Å². The molecule has 0 spiro atoms. The number of nitrogens with one attached hydrogen (secondary N) is 2. The molecule has 0 aromatic heterocycles. The Bertz CT molecular complexity index is 592. The second-order valence-corrected chi connectivity index (χ2v) is 6.03. The van der Waals surface area contributed by atoms with E-state index in [9.17, 15) is 9.59 Å². The standard InChI is InChI=1S/C17H25N5O2/c18-15(23)11-20-16(24)13-8-6-12(7-9-13)10-21-17(19)22-14-4-2-1-3-5-14/h6-9,14H,1-5,10-11H2,(H2,18,23)(H,20,24)(H3,19,21,22). The molecule has 130 valence electrons. The van der Waals surface area contributed by atoms with E-state index in [1.54, 1.807) is 12.1 Å². The number of primary amides is 1. The largest absolute Gasteiger partial charge is 0.370 e. The van der Waals surface area contributed by atoms with Gasteiger partial charge in [-0.1, -0.05) is 31.4 Å². The minimum atomic E-state index is -0.574. The third kappa shape index (κ3) is 5.91. The lowest BCUT2D eigenvalue weighted by molar-refractivity contribution is -0.117. The monoisotopic (exact) mass is 331 g/mol. The van der Waals surface area contributed by atoms with Gasteiger partial charge in [0.1, 0.15) is 0 Å². The predicted molar refractivity (Wildman–Crippen MR) is 93.3 cm³/mol. The van der Waals surface area contributed by atoms with Gasteiger partial charge in [0, 0.05) is 11.6 Å². The van der Waals surface area contributed by atoms with Crippen molar-refractivity contribution >= 4 is 17.8 Å². The first-order valence-electron chi connectivity index (χ1n) is 8.26. The van der Waals surface area contributed by atoms with Gasteiger partial charge in [-0.15, -0.1) is 0 Å². The van der Waals surface area contributed by atoms with Gasteiger partial charge >= 0.3 is 0 Å². The number of benzene rings is 1. The summed E-state index contributed by atoms with van der Waals surface area (Å²) in [7, 11) is 0. The highest BCUT2D eigenvalue weighted by atomic mass is 16.2. The van der Waals surface area contributed by atoms with Crippen LogP contribution in [0.1, 0.15) is 48.0 Å². The van der Waals surface area contributed by atoms with E-state index in [1.807, 2.05) is 12.1 Å². The minimum Gasteiger partial charge on any atom is -0.370 e. The maximum atomic E-state index is 11.8. The Labute approximate surface area is 141 Å². The average Bonchev–Trinajstić information content (AvgIpc) is 2.59. The smallest absolute Gasteiger partial charge is 0.251 e. The molecule has 1 aromatic rings. The van der Waals surface area contributed by atoms with Gasteiger partial charge in [0.05, 0.1) is 13.1 Å². The van der Waals surface area contributed by atoms with E-state index in [0.717, 1.165) is 18.4 Å². The summed E-state index contributed by atoms with van der Waals surface area (Å²) < 4.78 is 0. The number of hydrogen-bond acceptors (Lipinski definition) is 3. The fourth-order valence-electron chi connectivity index (χ4n) is 2.71. The zero-order valence-electron chi connectivity index (χ0n) is 13.8. The summed E-state index contributed by atoms with van der Waals surface area (Å²) in [5.74, 6) is -0.442. The Kier molecular flexibility index (Phi) is 6.60. The molecule has 2 amide bonds. The molecule has 0 heterocycles. The van der Waals surface area contributed by atoms with E-state index in [-0.39, 0.29) is 12.5 Å². The van der Waals surface area contributed by atoms with Crippen LogP contribution in [0.25, 0.3) is 0 Å². The molecule has 0 atom stereocenters. The Balaban J connectivity index is 1.83. The van der Waals surface area contributed by atoms with Crippen LogP contribution < -0.4 is 22.1 Å². The van der Waals surface area contributed by atoms with Gasteiger partial charge in [-0.2, -0.15) is 0 Å². The van der Waals surface area contributed by atoms with Crippen molar-refractivity contribution in [3.05, 3.63) is 35.4 Å². The lowest BCUT2D eigenvalue weighted by atomic mass is 9.96. The van der Waals surface area contributed by atoms with Gasteiger partial charge in [-0.25, -0.2) is 4.99 Å². The van der Waals surface area contributed by atoms with Crippen molar-refractivity contribution in [1.82, 2.24) is 10.6 Å². The molecule has 2 rings (SSSR count). The molecule has 6 N–H and O–H groups in total. The molecule has 1 aromatic carbocycles. The maximum absolute atomic E-state index is 11.8. The SMILES string of the molecule is NC(=O)CNC(=O)c1ccc(CN=C(N)NC2CCCCC2)cc1. The first-order chi connectivity index (χ1) is 11.5. The molecule has 1 saturated carbocycles. The number of hydrogen-bond donors (Lipinski definition) is 4. The number of nitrogens with zero attached hydrogens (tertiary/aromatic N) is 1. The molecular weight excluding hydrogens is 306 g/mol. The van der Waals surface area contributed by atoms with E-state index >= 15 is 0 Å².